The lowest BCUT2D eigenvalue weighted by Crippen LogP contribution is -2.57. The summed E-state index contributed by atoms with van der Waals surface area (Å²) in [7, 11) is 0. The van der Waals surface area contributed by atoms with Gasteiger partial charge >= 0.3 is 12.2 Å². The van der Waals surface area contributed by atoms with Crippen LogP contribution in [0.3, 0.4) is 0 Å². The molecular weight excluding hydrogens is 491 g/mol. The molecule has 0 saturated carbocycles. The number of hydrogen-bond donors (Lipinski definition) is 3. The van der Waals surface area contributed by atoms with Gasteiger partial charge in [-0.3, -0.25) is 15.0 Å². The maximum absolute atomic E-state index is 13.5. The van der Waals surface area contributed by atoms with Gasteiger partial charge in [-0.05, 0) is 44.1 Å². The number of dihydropyridines is 1. The summed E-state index contributed by atoms with van der Waals surface area (Å²) in [4.78, 5) is 38.2. The molecule has 2 aromatic heterocycles. The van der Waals surface area contributed by atoms with E-state index in [2.05, 4.69) is 25.5 Å². The number of halogens is 3. The summed E-state index contributed by atoms with van der Waals surface area (Å²) >= 11 is 0. The van der Waals surface area contributed by atoms with Crippen molar-refractivity contribution in [2.24, 2.45) is 0 Å². The Bertz CT molecular complexity index is 1300. The molecule has 37 heavy (non-hydrogen) atoms. The van der Waals surface area contributed by atoms with Crippen LogP contribution in [0.5, 0.6) is 0 Å². The van der Waals surface area contributed by atoms with Crippen LogP contribution in [0.1, 0.15) is 26.2 Å². The SMILES string of the molecule is CC1=CC(C(=O)N[C@H](C)C(F)(F)F)NC2=C1N1CC[C@@H](C1)N2C(=O)Nc1cc(-c2cnc(C)o2)ccn1. The topological polar surface area (TPSA) is 116 Å². The standard InChI is InChI=1S/C24H26F3N7O3/c1-12-8-17(22(35)30-13(2)24(25,26)27)31-21-20(12)33-7-5-16(11-33)34(21)23(36)32-19-9-15(4-6-28-19)18-10-29-14(3)37-18/h4,6,8-10,13,16-17,31H,5,7,11H2,1-3H3,(H,30,35)(H,28,32,36)/t13-,16+,17?/m1/s1. The van der Waals surface area contributed by atoms with Gasteiger partial charge in [0, 0.05) is 31.8 Å². The Morgan fingerprint density at radius 2 is 2.05 bits per heavy atom. The summed E-state index contributed by atoms with van der Waals surface area (Å²) in [5.41, 5.74) is 2.13. The van der Waals surface area contributed by atoms with E-state index in [1.165, 1.54) is 11.1 Å². The molecule has 3 atom stereocenters. The molecule has 1 fully saturated rings. The quantitative estimate of drug-likeness (QED) is 0.571. The number of anilines is 1. The number of urea groups is 1. The molecule has 0 aromatic carbocycles. The number of aromatic nitrogens is 2. The third-order valence-electron chi connectivity index (χ3n) is 6.64. The molecule has 1 saturated heterocycles. The van der Waals surface area contributed by atoms with Gasteiger partial charge in [0.1, 0.15) is 23.7 Å². The van der Waals surface area contributed by atoms with Gasteiger partial charge in [0.2, 0.25) is 5.91 Å². The molecule has 196 valence electrons. The van der Waals surface area contributed by atoms with E-state index >= 15 is 0 Å². The second-order valence-electron chi connectivity index (χ2n) is 9.30. The first-order valence-electron chi connectivity index (χ1n) is 11.8. The number of nitrogens with one attached hydrogen (secondary N) is 3. The number of carbonyl (C=O) groups is 2. The number of rotatable bonds is 4. The summed E-state index contributed by atoms with van der Waals surface area (Å²) in [6.07, 6.45) is 0.825. The van der Waals surface area contributed by atoms with Crippen molar-refractivity contribution in [3.8, 4) is 11.3 Å². The molecule has 1 unspecified atom stereocenters. The smallest absolute Gasteiger partial charge is 0.408 e. The first-order chi connectivity index (χ1) is 17.5. The lowest BCUT2D eigenvalue weighted by atomic mass is 10.0. The molecule has 0 radical (unpaired) electrons. The molecule has 3 amide bonds. The fraction of sp³-hybridized carbons (Fsp3) is 0.417. The zero-order chi connectivity index (χ0) is 26.5. The third-order valence-corrected chi connectivity index (χ3v) is 6.64. The van der Waals surface area contributed by atoms with Crippen LogP contribution >= 0.6 is 0 Å². The van der Waals surface area contributed by atoms with E-state index in [1.54, 1.807) is 38.3 Å². The molecule has 3 aliphatic rings. The molecule has 13 heteroatoms. The number of aryl methyl sites for hydroxylation is 1. The zero-order valence-electron chi connectivity index (χ0n) is 20.4. The minimum Gasteiger partial charge on any atom is -0.441 e. The number of alkyl halides is 3. The molecule has 2 aromatic rings. The van der Waals surface area contributed by atoms with E-state index < -0.39 is 30.2 Å². The monoisotopic (exact) mass is 517 g/mol. The minimum absolute atomic E-state index is 0.185. The van der Waals surface area contributed by atoms with Crippen molar-refractivity contribution >= 4 is 17.8 Å². The van der Waals surface area contributed by atoms with Crippen LogP contribution in [0.2, 0.25) is 0 Å². The summed E-state index contributed by atoms with van der Waals surface area (Å²) in [6, 6.07) is -0.352. The van der Waals surface area contributed by atoms with Crippen molar-refractivity contribution in [2.75, 3.05) is 18.4 Å². The van der Waals surface area contributed by atoms with Crippen LogP contribution in [0, 0.1) is 6.92 Å². The van der Waals surface area contributed by atoms with Crippen LogP contribution in [0.4, 0.5) is 23.8 Å². The Kier molecular flexibility index (Phi) is 6.08. The Hall–Kier alpha value is -4.03. The van der Waals surface area contributed by atoms with Crippen LogP contribution in [-0.2, 0) is 4.79 Å². The van der Waals surface area contributed by atoms with E-state index in [0.717, 1.165) is 12.6 Å². The number of pyridine rings is 1. The highest BCUT2D eigenvalue weighted by atomic mass is 19.4. The zero-order valence-corrected chi connectivity index (χ0v) is 20.4. The Labute approximate surface area is 210 Å². The average Bonchev–Trinajstić information content (AvgIpc) is 3.45. The van der Waals surface area contributed by atoms with Crippen molar-refractivity contribution in [1.82, 2.24) is 30.4 Å². The lowest BCUT2D eigenvalue weighted by Gasteiger charge is -2.42. The van der Waals surface area contributed by atoms with Crippen LogP contribution in [0.15, 0.2) is 52.1 Å². The second kappa shape index (κ2) is 9.12. The van der Waals surface area contributed by atoms with Gasteiger partial charge < -0.3 is 20.0 Å². The van der Waals surface area contributed by atoms with Gasteiger partial charge in [-0.15, -0.1) is 0 Å². The van der Waals surface area contributed by atoms with E-state index in [-0.39, 0.29) is 11.9 Å². The molecular formula is C24H26F3N7O3. The van der Waals surface area contributed by atoms with Gasteiger partial charge in [0.15, 0.2) is 11.7 Å². The Morgan fingerprint density at radius 1 is 1.27 bits per heavy atom. The largest absolute Gasteiger partial charge is 0.441 e. The first kappa shape index (κ1) is 24.7. The van der Waals surface area contributed by atoms with Gasteiger partial charge in [0.25, 0.3) is 0 Å². The number of fused-ring (bicyclic) bond motifs is 3. The summed E-state index contributed by atoms with van der Waals surface area (Å²) in [6.45, 7) is 5.70. The summed E-state index contributed by atoms with van der Waals surface area (Å²) in [5, 5.41) is 7.81. The molecule has 2 bridgehead atoms. The fourth-order valence-electron chi connectivity index (χ4n) is 4.80. The van der Waals surface area contributed by atoms with E-state index in [0.29, 0.717) is 48.1 Å². The number of hydrogen-bond acceptors (Lipinski definition) is 7. The fourth-order valence-corrected chi connectivity index (χ4v) is 4.80. The van der Waals surface area contributed by atoms with Crippen LogP contribution in [-0.4, -0.2) is 69.1 Å². The molecule has 3 N–H and O–H groups in total. The molecule has 5 rings (SSSR count). The normalized spacial score (nSPS) is 21.7. The second-order valence-corrected chi connectivity index (χ2v) is 9.30. The maximum Gasteiger partial charge on any atom is 0.408 e. The number of carbonyl (C=O) groups excluding carboxylic acids is 2. The van der Waals surface area contributed by atoms with Gasteiger partial charge in [-0.25, -0.2) is 14.8 Å². The van der Waals surface area contributed by atoms with Crippen LogP contribution < -0.4 is 16.0 Å². The highest BCUT2D eigenvalue weighted by Crippen LogP contribution is 2.37. The van der Waals surface area contributed by atoms with Crippen molar-refractivity contribution in [3.05, 3.63) is 53.6 Å². The molecule has 0 spiro atoms. The maximum atomic E-state index is 13.5. The number of allylic oxidation sites excluding steroid dienone is 1. The Balaban J connectivity index is 1.39. The Morgan fingerprint density at radius 3 is 2.76 bits per heavy atom. The van der Waals surface area contributed by atoms with Crippen molar-refractivity contribution in [1.29, 1.82) is 0 Å². The number of amides is 3. The van der Waals surface area contributed by atoms with E-state index in [1.807, 2.05) is 5.32 Å². The lowest BCUT2D eigenvalue weighted by molar-refractivity contribution is -0.158. The van der Waals surface area contributed by atoms with Crippen molar-refractivity contribution in [3.63, 3.8) is 0 Å². The van der Waals surface area contributed by atoms with Gasteiger partial charge in [-0.2, -0.15) is 13.2 Å². The summed E-state index contributed by atoms with van der Waals surface area (Å²) in [5.74, 6) is 0.872. The number of nitrogens with zero attached hydrogens (tertiary/aromatic N) is 4. The molecule has 5 heterocycles. The van der Waals surface area contributed by atoms with Crippen LogP contribution in [0.25, 0.3) is 11.3 Å². The highest BCUT2D eigenvalue weighted by molar-refractivity contribution is 5.91. The third kappa shape index (κ3) is 4.72. The van der Waals surface area contributed by atoms with E-state index in [9.17, 15) is 22.8 Å². The van der Waals surface area contributed by atoms with Gasteiger partial charge in [-0.1, -0.05) is 0 Å². The predicted octanol–water partition coefficient (Wildman–Crippen LogP) is 3.12. The van der Waals surface area contributed by atoms with Crippen molar-refractivity contribution < 1.29 is 27.2 Å². The predicted molar refractivity (Wildman–Crippen MR) is 127 cm³/mol. The minimum atomic E-state index is -4.57. The molecule has 3 aliphatic heterocycles. The number of oxazole rings is 1. The average molecular weight is 518 g/mol. The highest BCUT2D eigenvalue weighted by Gasteiger charge is 2.45. The van der Waals surface area contributed by atoms with E-state index in [4.69, 9.17) is 4.42 Å². The first-order valence-corrected chi connectivity index (χ1v) is 11.8. The van der Waals surface area contributed by atoms with Gasteiger partial charge in [0.05, 0.1) is 17.9 Å². The molecule has 10 nitrogen and oxygen atoms in total. The molecule has 0 aliphatic carbocycles. The summed E-state index contributed by atoms with van der Waals surface area (Å²) < 4.78 is 44.6. The van der Waals surface area contributed by atoms with Crippen molar-refractivity contribution in [2.45, 2.75) is 51.5 Å².